The molecule has 1 aromatic heterocycles. The Morgan fingerprint density at radius 2 is 1.70 bits per heavy atom. The van der Waals surface area contributed by atoms with Crippen molar-refractivity contribution in [1.29, 1.82) is 0 Å². The lowest BCUT2D eigenvalue weighted by Gasteiger charge is -2.15. The normalized spacial score (nSPS) is 11.1. The number of pyridine rings is 1. The van der Waals surface area contributed by atoms with Crippen LogP contribution < -0.4 is 5.56 Å². The average molecular weight is 371 g/mol. The Balaban J connectivity index is 2.60. The van der Waals surface area contributed by atoms with Crippen molar-refractivity contribution in [2.45, 2.75) is 0 Å². The van der Waals surface area contributed by atoms with Gasteiger partial charge in [0, 0.05) is 33.6 Å². The van der Waals surface area contributed by atoms with Crippen molar-refractivity contribution in [2.24, 2.45) is 7.05 Å². The minimum Gasteiger partial charge on any atom is -0.507 e. The summed E-state index contributed by atoms with van der Waals surface area (Å²) >= 11 is 18.3. The van der Waals surface area contributed by atoms with Gasteiger partial charge in [-0.25, -0.2) is 0 Å². The molecule has 7 heteroatoms. The number of aromatic nitrogens is 1. The molecule has 0 spiro atoms. The van der Waals surface area contributed by atoms with E-state index in [4.69, 9.17) is 34.8 Å². The van der Waals surface area contributed by atoms with E-state index >= 15 is 0 Å². The summed E-state index contributed by atoms with van der Waals surface area (Å²) in [6.07, 6.45) is 0. The molecular formula is C16H10Cl3NO3. The fourth-order valence-electron chi connectivity index (χ4n) is 2.54. The fraction of sp³-hybridized carbons (Fsp3) is 0.0625. The molecule has 0 aliphatic carbocycles. The van der Waals surface area contributed by atoms with Gasteiger partial charge in [0.15, 0.2) is 5.75 Å². The van der Waals surface area contributed by atoms with E-state index < -0.39 is 11.3 Å². The zero-order valence-electron chi connectivity index (χ0n) is 11.8. The Kier molecular flexibility index (Phi) is 3.92. The molecule has 0 radical (unpaired) electrons. The number of phenolic OH excluding ortho intramolecular Hbond substituents is 1. The van der Waals surface area contributed by atoms with Crippen LogP contribution in [0.4, 0.5) is 0 Å². The van der Waals surface area contributed by atoms with E-state index in [1.54, 1.807) is 6.07 Å². The Morgan fingerprint density at radius 3 is 2.39 bits per heavy atom. The zero-order chi connectivity index (χ0) is 16.9. The first-order valence-corrected chi connectivity index (χ1v) is 7.64. The highest BCUT2D eigenvalue weighted by molar-refractivity contribution is 6.39. The highest BCUT2D eigenvalue weighted by atomic mass is 35.5. The molecule has 0 aliphatic heterocycles. The number of halogens is 3. The summed E-state index contributed by atoms with van der Waals surface area (Å²) in [7, 11) is 1.50. The summed E-state index contributed by atoms with van der Waals surface area (Å²) in [6.45, 7) is 0. The van der Waals surface area contributed by atoms with Crippen molar-refractivity contribution in [2.75, 3.05) is 0 Å². The summed E-state index contributed by atoms with van der Waals surface area (Å²) in [5.74, 6) is -0.660. The first kappa shape index (κ1) is 16.0. The van der Waals surface area contributed by atoms with Gasteiger partial charge in [-0.1, -0.05) is 34.8 Å². The van der Waals surface area contributed by atoms with Gasteiger partial charge in [0.2, 0.25) is 0 Å². The molecule has 0 fully saturated rings. The summed E-state index contributed by atoms with van der Waals surface area (Å²) in [6, 6.07) is 7.40. The molecule has 1 heterocycles. The number of benzene rings is 2. The predicted octanol–water partition coefficient (Wildman–Crippen LogP) is 4.58. The van der Waals surface area contributed by atoms with Crippen LogP contribution in [-0.4, -0.2) is 14.8 Å². The van der Waals surface area contributed by atoms with Crippen molar-refractivity contribution < 1.29 is 10.2 Å². The van der Waals surface area contributed by atoms with E-state index in [-0.39, 0.29) is 21.9 Å². The van der Waals surface area contributed by atoms with Gasteiger partial charge in [-0.3, -0.25) is 4.79 Å². The van der Waals surface area contributed by atoms with Gasteiger partial charge in [-0.05, 0) is 30.3 Å². The van der Waals surface area contributed by atoms with Gasteiger partial charge < -0.3 is 14.8 Å². The molecule has 23 heavy (non-hydrogen) atoms. The molecule has 118 valence electrons. The molecule has 0 atom stereocenters. The highest BCUT2D eigenvalue weighted by Gasteiger charge is 2.21. The molecule has 4 nitrogen and oxygen atoms in total. The van der Waals surface area contributed by atoms with Crippen LogP contribution >= 0.6 is 34.8 Å². The van der Waals surface area contributed by atoms with E-state index in [0.29, 0.717) is 20.9 Å². The molecule has 2 N–H and O–H groups in total. The Hall–Kier alpha value is -1.88. The van der Waals surface area contributed by atoms with Crippen LogP contribution in [-0.2, 0) is 7.05 Å². The van der Waals surface area contributed by atoms with Gasteiger partial charge in [0.1, 0.15) is 5.75 Å². The van der Waals surface area contributed by atoms with E-state index in [9.17, 15) is 15.0 Å². The van der Waals surface area contributed by atoms with Crippen LogP contribution in [0.3, 0.4) is 0 Å². The lowest BCUT2D eigenvalue weighted by atomic mass is 9.99. The van der Waals surface area contributed by atoms with Crippen LogP contribution in [0, 0.1) is 0 Å². The van der Waals surface area contributed by atoms with Crippen LogP contribution in [0.1, 0.15) is 0 Å². The molecule has 3 aromatic rings. The van der Waals surface area contributed by atoms with E-state index in [0.717, 1.165) is 0 Å². The SMILES string of the molecule is Cn1c(=O)c(O)c(-c2cc(Cl)ccc2O)c2c(Cl)cc(Cl)cc21. The van der Waals surface area contributed by atoms with Gasteiger partial charge in [0.25, 0.3) is 5.56 Å². The van der Waals surface area contributed by atoms with Crippen LogP contribution in [0.25, 0.3) is 22.0 Å². The third kappa shape index (κ3) is 2.53. The highest BCUT2D eigenvalue weighted by Crippen LogP contribution is 2.43. The number of fused-ring (bicyclic) bond motifs is 1. The first-order chi connectivity index (χ1) is 10.8. The van der Waals surface area contributed by atoms with Crippen LogP contribution in [0.2, 0.25) is 15.1 Å². The third-order valence-corrected chi connectivity index (χ3v) is 4.37. The summed E-state index contributed by atoms with van der Waals surface area (Å²) in [5.41, 5.74) is 0.122. The summed E-state index contributed by atoms with van der Waals surface area (Å²) in [4.78, 5) is 12.3. The minimum atomic E-state index is -0.634. The minimum absolute atomic E-state index is 0.116. The van der Waals surface area contributed by atoms with Crippen LogP contribution in [0.15, 0.2) is 35.1 Å². The number of hydrogen-bond donors (Lipinski definition) is 2. The molecule has 0 unspecified atom stereocenters. The van der Waals surface area contributed by atoms with Crippen LogP contribution in [0.5, 0.6) is 11.5 Å². The van der Waals surface area contributed by atoms with Gasteiger partial charge in [0.05, 0.1) is 10.5 Å². The molecule has 0 saturated carbocycles. The van der Waals surface area contributed by atoms with E-state index in [1.165, 1.54) is 35.9 Å². The molecular weight excluding hydrogens is 361 g/mol. The maximum absolute atomic E-state index is 12.3. The number of hydrogen-bond acceptors (Lipinski definition) is 3. The molecule has 0 amide bonds. The topological polar surface area (TPSA) is 62.5 Å². The van der Waals surface area contributed by atoms with Gasteiger partial charge in [-0.15, -0.1) is 0 Å². The second-order valence-electron chi connectivity index (χ2n) is 5.03. The first-order valence-electron chi connectivity index (χ1n) is 6.51. The Bertz CT molecular complexity index is 1010. The lowest BCUT2D eigenvalue weighted by Crippen LogP contribution is -2.17. The fourth-order valence-corrected chi connectivity index (χ4v) is 3.29. The Morgan fingerprint density at radius 1 is 1.00 bits per heavy atom. The van der Waals surface area contributed by atoms with Crippen molar-refractivity contribution in [1.82, 2.24) is 4.57 Å². The molecule has 3 rings (SSSR count). The largest absolute Gasteiger partial charge is 0.507 e. The van der Waals surface area contributed by atoms with Crippen molar-refractivity contribution in [3.8, 4) is 22.6 Å². The van der Waals surface area contributed by atoms with E-state index in [1.807, 2.05) is 0 Å². The average Bonchev–Trinajstić information content (AvgIpc) is 2.49. The molecule has 0 saturated heterocycles. The molecule has 2 aromatic carbocycles. The van der Waals surface area contributed by atoms with Gasteiger partial charge in [-0.2, -0.15) is 0 Å². The maximum Gasteiger partial charge on any atom is 0.293 e. The lowest BCUT2D eigenvalue weighted by molar-refractivity contribution is 0.461. The molecule has 0 bridgehead atoms. The third-order valence-electron chi connectivity index (χ3n) is 3.62. The number of aromatic hydroxyl groups is 2. The van der Waals surface area contributed by atoms with Crippen molar-refractivity contribution in [3.63, 3.8) is 0 Å². The smallest absolute Gasteiger partial charge is 0.293 e. The van der Waals surface area contributed by atoms with E-state index in [2.05, 4.69) is 0 Å². The number of aryl methyl sites for hydroxylation is 1. The number of rotatable bonds is 1. The van der Waals surface area contributed by atoms with Gasteiger partial charge >= 0.3 is 0 Å². The Labute approximate surface area is 146 Å². The zero-order valence-corrected chi connectivity index (χ0v) is 14.0. The quantitative estimate of drug-likeness (QED) is 0.659. The maximum atomic E-state index is 12.3. The second kappa shape index (κ2) is 5.64. The summed E-state index contributed by atoms with van der Waals surface area (Å²) in [5, 5.41) is 21.8. The monoisotopic (exact) mass is 369 g/mol. The summed E-state index contributed by atoms with van der Waals surface area (Å²) < 4.78 is 1.24. The molecule has 0 aliphatic rings. The second-order valence-corrected chi connectivity index (χ2v) is 6.31. The number of phenols is 1. The predicted molar refractivity (Wildman–Crippen MR) is 93.0 cm³/mol. The standard InChI is InChI=1S/C16H10Cl3NO3/c1-20-11-6-8(18)5-10(19)14(11)13(15(22)16(20)23)9-4-7(17)2-3-12(9)21/h2-6,21-22H,1H3. The number of nitrogens with zero attached hydrogens (tertiary/aromatic N) is 1. The van der Waals surface area contributed by atoms with Crippen molar-refractivity contribution in [3.05, 3.63) is 55.8 Å². The van der Waals surface area contributed by atoms with Crippen molar-refractivity contribution >= 4 is 45.7 Å².